The molecule has 1 atom stereocenters. The Morgan fingerprint density at radius 3 is 2.69 bits per heavy atom. The van der Waals surface area contributed by atoms with Gasteiger partial charge >= 0.3 is 0 Å². The van der Waals surface area contributed by atoms with Crippen LogP contribution in [-0.4, -0.2) is 44.3 Å². The van der Waals surface area contributed by atoms with E-state index in [1.807, 2.05) is 0 Å². The van der Waals surface area contributed by atoms with Gasteiger partial charge in [-0.15, -0.1) is 0 Å². The standard InChI is InChI=1S/C13H26N2O/c14-6-3-12-2-1-7-15(10-12)11-13-4-8-16-9-5-13/h12-13H,1-11,14H2. The van der Waals surface area contributed by atoms with Gasteiger partial charge in [0.05, 0.1) is 0 Å². The van der Waals surface area contributed by atoms with E-state index in [0.717, 1.165) is 31.6 Å². The van der Waals surface area contributed by atoms with Gasteiger partial charge in [0.15, 0.2) is 0 Å². The van der Waals surface area contributed by atoms with Crippen LogP contribution in [0.5, 0.6) is 0 Å². The third-order valence-electron chi connectivity index (χ3n) is 4.04. The van der Waals surface area contributed by atoms with Crippen LogP contribution in [0.4, 0.5) is 0 Å². The van der Waals surface area contributed by atoms with Crippen LogP contribution in [0.15, 0.2) is 0 Å². The minimum atomic E-state index is 0.857. The fraction of sp³-hybridized carbons (Fsp3) is 1.00. The van der Waals surface area contributed by atoms with E-state index in [-0.39, 0.29) is 0 Å². The highest BCUT2D eigenvalue weighted by molar-refractivity contribution is 4.76. The summed E-state index contributed by atoms with van der Waals surface area (Å²) in [6.45, 7) is 6.70. The summed E-state index contributed by atoms with van der Waals surface area (Å²) in [5, 5.41) is 0. The van der Waals surface area contributed by atoms with E-state index in [2.05, 4.69) is 4.90 Å². The third-order valence-corrected chi connectivity index (χ3v) is 4.04. The normalized spacial score (nSPS) is 29.4. The Hall–Kier alpha value is -0.120. The first-order chi connectivity index (χ1) is 7.88. The first-order valence-corrected chi connectivity index (χ1v) is 6.88. The third kappa shape index (κ3) is 3.72. The maximum atomic E-state index is 5.65. The van der Waals surface area contributed by atoms with Crippen molar-refractivity contribution in [2.75, 3.05) is 39.4 Å². The molecule has 2 N–H and O–H groups in total. The Kier molecular flexibility index (Phi) is 5.07. The van der Waals surface area contributed by atoms with Gasteiger partial charge in [0.1, 0.15) is 0 Å². The lowest BCUT2D eigenvalue weighted by atomic mass is 9.92. The van der Waals surface area contributed by atoms with Gasteiger partial charge in [-0.3, -0.25) is 0 Å². The molecule has 0 aromatic rings. The van der Waals surface area contributed by atoms with Crippen LogP contribution >= 0.6 is 0 Å². The summed E-state index contributed by atoms with van der Waals surface area (Å²) >= 11 is 0. The molecule has 2 fully saturated rings. The Morgan fingerprint density at radius 1 is 1.12 bits per heavy atom. The van der Waals surface area contributed by atoms with Crippen LogP contribution in [0.3, 0.4) is 0 Å². The molecule has 1 unspecified atom stereocenters. The fourth-order valence-corrected chi connectivity index (χ4v) is 3.08. The smallest absolute Gasteiger partial charge is 0.0469 e. The van der Waals surface area contributed by atoms with Crippen molar-refractivity contribution in [1.29, 1.82) is 0 Å². The SMILES string of the molecule is NCCC1CCCN(CC2CCOCC2)C1. The number of piperidine rings is 1. The molecule has 2 rings (SSSR count). The molecule has 16 heavy (non-hydrogen) atoms. The number of nitrogens with two attached hydrogens (primary N) is 1. The van der Waals surface area contributed by atoms with Crippen molar-refractivity contribution in [3.63, 3.8) is 0 Å². The first-order valence-electron chi connectivity index (χ1n) is 6.88. The predicted octanol–water partition coefficient (Wildman–Crippen LogP) is 1.47. The van der Waals surface area contributed by atoms with Crippen molar-refractivity contribution in [2.45, 2.75) is 32.1 Å². The Balaban J connectivity index is 1.71. The molecule has 2 saturated heterocycles. The van der Waals surface area contributed by atoms with Gasteiger partial charge in [0.25, 0.3) is 0 Å². The van der Waals surface area contributed by atoms with E-state index in [1.165, 1.54) is 51.7 Å². The summed E-state index contributed by atoms with van der Waals surface area (Å²) in [6.07, 6.45) is 6.50. The van der Waals surface area contributed by atoms with Crippen molar-refractivity contribution >= 4 is 0 Å². The average molecular weight is 226 g/mol. The van der Waals surface area contributed by atoms with Gasteiger partial charge in [-0.2, -0.15) is 0 Å². The first kappa shape index (κ1) is 12.3. The lowest BCUT2D eigenvalue weighted by Gasteiger charge is -2.36. The minimum Gasteiger partial charge on any atom is -0.381 e. The highest BCUT2D eigenvalue weighted by atomic mass is 16.5. The monoisotopic (exact) mass is 226 g/mol. The van der Waals surface area contributed by atoms with Gasteiger partial charge in [-0.25, -0.2) is 0 Å². The van der Waals surface area contributed by atoms with Crippen LogP contribution in [0.2, 0.25) is 0 Å². The maximum Gasteiger partial charge on any atom is 0.0469 e. The summed E-state index contributed by atoms with van der Waals surface area (Å²) in [4.78, 5) is 2.67. The number of hydrogen-bond donors (Lipinski definition) is 1. The average Bonchev–Trinajstić information content (AvgIpc) is 2.31. The Morgan fingerprint density at radius 2 is 1.94 bits per heavy atom. The molecule has 94 valence electrons. The number of likely N-dealkylation sites (tertiary alicyclic amines) is 1. The minimum absolute atomic E-state index is 0.857. The Bertz CT molecular complexity index is 190. The lowest BCUT2D eigenvalue weighted by molar-refractivity contribution is 0.0449. The molecule has 3 nitrogen and oxygen atoms in total. The summed E-state index contributed by atoms with van der Waals surface area (Å²) in [5.41, 5.74) is 5.65. The molecular weight excluding hydrogens is 200 g/mol. The van der Waals surface area contributed by atoms with Crippen LogP contribution in [0.25, 0.3) is 0 Å². The second-order valence-electron chi connectivity index (χ2n) is 5.40. The molecule has 0 radical (unpaired) electrons. The Labute approximate surface area is 99.3 Å². The molecule has 0 bridgehead atoms. The van der Waals surface area contributed by atoms with Gasteiger partial charge in [0, 0.05) is 26.3 Å². The summed E-state index contributed by atoms with van der Waals surface area (Å²) in [7, 11) is 0. The number of ether oxygens (including phenoxy) is 1. The van der Waals surface area contributed by atoms with Crippen LogP contribution in [0, 0.1) is 11.8 Å². The molecule has 0 spiro atoms. The number of rotatable bonds is 4. The van der Waals surface area contributed by atoms with E-state index < -0.39 is 0 Å². The molecule has 2 aliphatic heterocycles. The van der Waals surface area contributed by atoms with E-state index in [1.54, 1.807) is 0 Å². The summed E-state index contributed by atoms with van der Waals surface area (Å²) < 4.78 is 5.41. The zero-order valence-corrected chi connectivity index (χ0v) is 10.4. The van der Waals surface area contributed by atoms with Crippen molar-refractivity contribution < 1.29 is 4.74 Å². The molecule has 0 amide bonds. The lowest BCUT2D eigenvalue weighted by Crippen LogP contribution is -2.40. The van der Waals surface area contributed by atoms with Gasteiger partial charge < -0.3 is 15.4 Å². The van der Waals surface area contributed by atoms with Crippen molar-refractivity contribution in [3.05, 3.63) is 0 Å². The van der Waals surface area contributed by atoms with Gasteiger partial charge in [0.2, 0.25) is 0 Å². The van der Waals surface area contributed by atoms with Crippen LogP contribution < -0.4 is 5.73 Å². The van der Waals surface area contributed by atoms with Crippen LogP contribution in [-0.2, 0) is 4.74 Å². The molecule has 2 aliphatic rings. The molecule has 0 aromatic heterocycles. The second-order valence-corrected chi connectivity index (χ2v) is 5.40. The maximum absolute atomic E-state index is 5.65. The van der Waals surface area contributed by atoms with Crippen molar-refractivity contribution in [1.82, 2.24) is 4.90 Å². The quantitative estimate of drug-likeness (QED) is 0.789. The van der Waals surface area contributed by atoms with Crippen molar-refractivity contribution in [2.24, 2.45) is 17.6 Å². The number of nitrogens with zero attached hydrogens (tertiary/aromatic N) is 1. The zero-order valence-electron chi connectivity index (χ0n) is 10.4. The van der Waals surface area contributed by atoms with Gasteiger partial charge in [-0.1, -0.05) is 0 Å². The second kappa shape index (κ2) is 6.58. The molecular formula is C13H26N2O. The molecule has 3 heteroatoms. The van der Waals surface area contributed by atoms with Gasteiger partial charge in [-0.05, 0) is 57.0 Å². The topological polar surface area (TPSA) is 38.5 Å². The van der Waals surface area contributed by atoms with E-state index >= 15 is 0 Å². The largest absolute Gasteiger partial charge is 0.381 e. The number of hydrogen-bond acceptors (Lipinski definition) is 3. The highest BCUT2D eigenvalue weighted by Crippen LogP contribution is 2.22. The zero-order chi connectivity index (χ0) is 11.2. The molecule has 0 saturated carbocycles. The fourth-order valence-electron chi connectivity index (χ4n) is 3.08. The molecule has 0 aliphatic carbocycles. The van der Waals surface area contributed by atoms with E-state index in [4.69, 9.17) is 10.5 Å². The van der Waals surface area contributed by atoms with E-state index in [9.17, 15) is 0 Å². The molecule has 2 heterocycles. The van der Waals surface area contributed by atoms with Crippen molar-refractivity contribution in [3.8, 4) is 0 Å². The summed E-state index contributed by atoms with van der Waals surface area (Å²) in [5.74, 6) is 1.74. The van der Waals surface area contributed by atoms with Crippen LogP contribution in [0.1, 0.15) is 32.1 Å². The molecule has 0 aromatic carbocycles. The summed E-state index contributed by atoms with van der Waals surface area (Å²) in [6, 6.07) is 0. The van der Waals surface area contributed by atoms with E-state index in [0.29, 0.717) is 0 Å². The predicted molar refractivity (Wildman–Crippen MR) is 66.4 cm³/mol. The highest BCUT2D eigenvalue weighted by Gasteiger charge is 2.22.